The van der Waals surface area contributed by atoms with E-state index in [1.165, 1.54) is 18.0 Å². The minimum atomic E-state index is -3.02. The lowest BCUT2D eigenvalue weighted by Gasteiger charge is -2.06. The first kappa shape index (κ1) is 17.6. The quantitative estimate of drug-likeness (QED) is 0.781. The monoisotopic (exact) mass is 349 g/mol. The van der Waals surface area contributed by atoms with Crippen LogP contribution in [0.25, 0.3) is 0 Å². The lowest BCUT2D eigenvalue weighted by Crippen LogP contribution is -2.24. The summed E-state index contributed by atoms with van der Waals surface area (Å²) in [5.74, 6) is 0.378. The largest absolute Gasteiger partial charge is 0.351 e. The molecule has 0 atom stereocenters. The summed E-state index contributed by atoms with van der Waals surface area (Å²) in [7, 11) is -3.02. The van der Waals surface area contributed by atoms with E-state index in [2.05, 4.69) is 5.32 Å². The number of benzene rings is 2. The second-order valence-electron chi connectivity index (χ2n) is 5.27. The van der Waals surface area contributed by atoms with Gasteiger partial charge in [0.25, 0.3) is 0 Å². The number of carbonyl (C=O) groups is 1. The zero-order valence-electron chi connectivity index (χ0n) is 12.9. The Hall–Kier alpha value is -1.79. The van der Waals surface area contributed by atoms with Crippen LogP contribution in [0.15, 0.2) is 59.5 Å². The van der Waals surface area contributed by atoms with E-state index in [1.54, 1.807) is 12.1 Å². The van der Waals surface area contributed by atoms with Crippen molar-refractivity contribution in [2.75, 3.05) is 12.0 Å². The molecule has 0 aromatic heterocycles. The van der Waals surface area contributed by atoms with Gasteiger partial charge in [0, 0.05) is 17.7 Å². The van der Waals surface area contributed by atoms with Gasteiger partial charge in [0.1, 0.15) is 0 Å². The van der Waals surface area contributed by atoms with Gasteiger partial charge in [-0.3, -0.25) is 4.79 Å². The third-order valence-corrected chi connectivity index (χ3v) is 4.92. The molecule has 0 aliphatic rings. The van der Waals surface area contributed by atoms with Gasteiger partial charge in [-0.1, -0.05) is 42.5 Å². The van der Waals surface area contributed by atoms with Crippen LogP contribution in [-0.4, -0.2) is 26.3 Å². The molecule has 0 aliphatic heterocycles. The van der Waals surface area contributed by atoms with Crippen LogP contribution in [0.5, 0.6) is 0 Å². The number of nitrogens with one attached hydrogen (secondary N) is 1. The van der Waals surface area contributed by atoms with Crippen LogP contribution in [0.2, 0.25) is 0 Å². The van der Waals surface area contributed by atoms with Crippen molar-refractivity contribution < 1.29 is 13.2 Å². The van der Waals surface area contributed by atoms with Crippen LogP contribution in [0.4, 0.5) is 0 Å². The van der Waals surface area contributed by atoms with Gasteiger partial charge in [-0.05, 0) is 23.3 Å². The van der Waals surface area contributed by atoms with Crippen molar-refractivity contribution in [1.82, 2.24) is 5.32 Å². The molecule has 0 radical (unpaired) electrons. The van der Waals surface area contributed by atoms with Gasteiger partial charge >= 0.3 is 0 Å². The average molecular weight is 349 g/mol. The highest BCUT2D eigenvalue weighted by Crippen LogP contribution is 2.16. The summed E-state index contributed by atoms with van der Waals surface area (Å²) in [5, 5.41) is 2.86. The number of hydrogen-bond acceptors (Lipinski definition) is 4. The molecule has 122 valence electrons. The molecule has 1 N–H and O–H groups in total. The van der Waals surface area contributed by atoms with Crippen LogP contribution in [-0.2, 0) is 26.9 Å². The molecule has 0 saturated heterocycles. The van der Waals surface area contributed by atoms with Crippen LogP contribution >= 0.6 is 11.8 Å². The molecule has 23 heavy (non-hydrogen) atoms. The summed E-state index contributed by atoms with van der Waals surface area (Å²) in [4.78, 5) is 12.9. The Morgan fingerprint density at radius 1 is 1.00 bits per heavy atom. The molecule has 2 rings (SSSR count). The molecular weight excluding hydrogens is 330 g/mol. The van der Waals surface area contributed by atoms with Crippen LogP contribution in [0, 0.1) is 0 Å². The van der Waals surface area contributed by atoms with Crippen LogP contribution in [0.1, 0.15) is 11.1 Å². The van der Waals surface area contributed by atoms with E-state index in [-0.39, 0.29) is 11.7 Å². The summed E-state index contributed by atoms with van der Waals surface area (Å²) in [6.45, 7) is 0.438. The first-order valence-corrected chi connectivity index (χ1v) is 10.2. The van der Waals surface area contributed by atoms with Crippen molar-refractivity contribution in [3.05, 3.63) is 65.7 Å². The molecule has 0 fully saturated rings. The number of rotatable bonds is 7. The molecule has 2 aromatic carbocycles. The molecule has 0 aliphatic carbocycles. The number of hydrogen-bond donors (Lipinski definition) is 1. The maximum atomic E-state index is 11.8. The molecule has 2 aromatic rings. The fourth-order valence-electron chi connectivity index (χ4n) is 1.97. The van der Waals surface area contributed by atoms with Crippen LogP contribution < -0.4 is 5.32 Å². The summed E-state index contributed by atoms with van der Waals surface area (Å²) in [5.41, 5.74) is 1.70. The Balaban J connectivity index is 1.78. The van der Waals surface area contributed by atoms with E-state index in [0.29, 0.717) is 12.3 Å². The molecule has 0 bridgehead atoms. The van der Waals surface area contributed by atoms with Crippen LogP contribution in [0.3, 0.4) is 0 Å². The number of sulfone groups is 1. The third kappa shape index (κ3) is 6.88. The molecule has 0 unspecified atom stereocenters. The summed E-state index contributed by atoms with van der Waals surface area (Å²) in [6.07, 6.45) is 1.21. The Kier molecular flexibility index (Phi) is 6.24. The minimum Gasteiger partial charge on any atom is -0.351 e. The highest BCUT2D eigenvalue weighted by atomic mass is 32.2. The Bertz CT molecular complexity index is 741. The second-order valence-corrected chi connectivity index (χ2v) is 8.45. The zero-order valence-corrected chi connectivity index (χ0v) is 14.5. The standard InChI is InChI=1S/C17H19NO3S2/c1-23(20,21)13-15-9-7-14(8-10-15)11-18-17(19)12-22-16-5-3-2-4-6-16/h2-10H,11-13H2,1H3,(H,18,19). The minimum absolute atomic E-state index is 0.0286. The fourth-order valence-corrected chi connectivity index (χ4v) is 3.52. The SMILES string of the molecule is CS(=O)(=O)Cc1ccc(CNC(=O)CSc2ccccc2)cc1. The Morgan fingerprint density at radius 2 is 1.61 bits per heavy atom. The Labute approximate surface area is 141 Å². The number of thioether (sulfide) groups is 1. The van der Waals surface area contributed by atoms with Gasteiger partial charge in [0.05, 0.1) is 11.5 Å². The molecule has 0 spiro atoms. The summed E-state index contributed by atoms with van der Waals surface area (Å²) >= 11 is 1.49. The topological polar surface area (TPSA) is 63.2 Å². The summed E-state index contributed by atoms with van der Waals surface area (Å²) < 4.78 is 22.5. The molecule has 6 heteroatoms. The zero-order chi connectivity index (χ0) is 16.7. The van der Waals surface area contributed by atoms with Crippen molar-refractivity contribution in [3.8, 4) is 0 Å². The predicted octanol–water partition coefficient (Wildman–Crippen LogP) is 2.64. The second kappa shape index (κ2) is 8.17. The van der Waals surface area contributed by atoms with Gasteiger partial charge in [-0.2, -0.15) is 0 Å². The van der Waals surface area contributed by atoms with Gasteiger partial charge in [0.15, 0.2) is 9.84 Å². The average Bonchev–Trinajstić information content (AvgIpc) is 2.52. The lowest BCUT2D eigenvalue weighted by molar-refractivity contribution is -0.118. The van der Waals surface area contributed by atoms with Crippen molar-refractivity contribution in [2.24, 2.45) is 0 Å². The van der Waals surface area contributed by atoms with E-state index in [1.807, 2.05) is 42.5 Å². The molecular formula is C17H19NO3S2. The smallest absolute Gasteiger partial charge is 0.230 e. The van der Waals surface area contributed by atoms with Gasteiger partial charge in [0.2, 0.25) is 5.91 Å². The van der Waals surface area contributed by atoms with Crippen molar-refractivity contribution in [3.63, 3.8) is 0 Å². The maximum absolute atomic E-state index is 11.8. The van der Waals surface area contributed by atoms with Gasteiger partial charge < -0.3 is 5.32 Å². The van der Waals surface area contributed by atoms with E-state index in [0.717, 1.165) is 16.0 Å². The molecule has 0 heterocycles. The highest BCUT2D eigenvalue weighted by molar-refractivity contribution is 8.00. The molecule has 1 amide bonds. The van der Waals surface area contributed by atoms with E-state index >= 15 is 0 Å². The number of amides is 1. The van der Waals surface area contributed by atoms with Crippen molar-refractivity contribution >= 4 is 27.5 Å². The van der Waals surface area contributed by atoms with Gasteiger partial charge in [-0.25, -0.2) is 8.42 Å². The van der Waals surface area contributed by atoms with E-state index < -0.39 is 9.84 Å². The predicted molar refractivity (Wildman–Crippen MR) is 94.0 cm³/mol. The van der Waals surface area contributed by atoms with E-state index in [4.69, 9.17) is 0 Å². The summed E-state index contributed by atoms with van der Waals surface area (Å²) in [6, 6.07) is 17.0. The fraction of sp³-hybridized carbons (Fsp3) is 0.235. The van der Waals surface area contributed by atoms with E-state index in [9.17, 15) is 13.2 Å². The maximum Gasteiger partial charge on any atom is 0.230 e. The number of carbonyl (C=O) groups excluding carboxylic acids is 1. The first-order valence-electron chi connectivity index (χ1n) is 7.12. The highest BCUT2D eigenvalue weighted by Gasteiger charge is 2.05. The van der Waals surface area contributed by atoms with Crippen molar-refractivity contribution in [1.29, 1.82) is 0 Å². The molecule has 4 nitrogen and oxygen atoms in total. The van der Waals surface area contributed by atoms with Gasteiger partial charge in [-0.15, -0.1) is 11.8 Å². The normalized spacial score (nSPS) is 11.2. The Morgan fingerprint density at radius 3 is 2.22 bits per heavy atom. The molecule has 0 saturated carbocycles. The third-order valence-electron chi connectivity index (χ3n) is 3.05. The lowest BCUT2D eigenvalue weighted by atomic mass is 10.1. The first-order chi connectivity index (χ1) is 10.9. The van der Waals surface area contributed by atoms with Crippen molar-refractivity contribution in [2.45, 2.75) is 17.2 Å².